The predicted molar refractivity (Wildman–Crippen MR) is 81.7 cm³/mol. The first-order valence-electron chi connectivity index (χ1n) is 8.99. The van der Waals surface area contributed by atoms with Gasteiger partial charge >= 0.3 is 0 Å². The molecule has 6 atom stereocenters. The summed E-state index contributed by atoms with van der Waals surface area (Å²) in [6.45, 7) is 4.62. The third-order valence-electron chi connectivity index (χ3n) is 8.00. The Morgan fingerprint density at radius 2 is 1.52 bits per heavy atom. The third kappa shape index (κ3) is 1.83. The van der Waals surface area contributed by atoms with Crippen molar-refractivity contribution in [3.8, 4) is 0 Å². The average Bonchev–Trinajstić information content (AvgIpc) is 2.73. The highest BCUT2D eigenvalue weighted by Crippen LogP contribution is 2.63. The van der Waals surface area contributed by atoms with Crippen LogP contribution in [0.15, 0.2) is 0 Å². The summed E-state index contributed by atoms with van der Waals surface area (Å²) in [7, 11) is 0. The maximum absolute atomic E-state index is 12.3. The Hall–Kier alpha value is -0.660. The average molecular weight is 288 g/mol. The number of fused-ring (bicyclic) bond motifs is 5. The van der Waals surface area contributed by atoms with Crippen LogP contribution in [0.25, 0.3) is 0 Å². The number of hydrogen-bond acceptors (Lipinski definition) is 2. The van der Waals surface area contributed by atoms with Crippen molar-refractivity contribution >= 4 is 11.6 Å². The van der Waals surface area contributed by atoms with E-state index in [1.54, 1.807) is 0 Å². The van der Waals surface area contributed by atoms with Gasteiger partial charge in [0.2, 0.25) is 0 Å². The molecular formula is C19H28O2. The number of carbonyl (C=O) groups is 2. The second-order valence-electron chi connectivity index (χ2n) is 8.91. The minimum absolute atomic E-state index is 0.000601. The molecule has 0 unspecified atom stereocenters. The van der Waals surface area contributed by atoms with Crippen LogP contribution in [-0.2, 0) is 9.59 Å². The van der Waals surface area contributed by atoms with Gasteiger partial charge in [-0.25, -0.2) is 0 Å². The zero-order chi connectivity index (χ0) is 14.8. The van der Waals surface area contributed by atoms with Crippen molar-refractivity contribution in [1.29, 1.82) is 0 Å². The number of Topliss-reactive ketones (excluding diaryl/α,β-unsaturated/α-hetero) is 2. The molecule has 0 radical (unpaired) electrons. The van der Waals surface area contributed by atoms with Gasteiger partial charge in [0.05, 0.1) is 0 Å². The minimum Gasteiger partial charge on any atom is -0.300 e. The SMILES string of the molecule is C[C@]12CC[C@@H]3[C@@H](CC[C@]4(C)C(=O)CC[C@@H]34)[C@H]1CCC(=O)C2. The second kappa shape index (κ2) is 4.43. The van der Waals surface area contributed by atoms with Crippen molar-refractivity contribution in [2.24, 2.45) is 34.5 Å². The van der Waals surface area contributed by atoms with Gasteiger partial charge < -0.3 is 0 Å². The van der Waals surface area contributed by atoms with Crippen molar-refractivity contribution in [3.63, 3.8) is 0 Å². The van der Waals surface area contributed by atoms with E-state index in [0.717, 1.165) is 56.3 Å². The summed E-state index contributed by atoms with van der Waals surface area (Å²) in [6, 6.07) is 0. The second-order valence-corrected chi connectivity index (χ2v) is 8.91. The zero-order valence-corrected chi connectivity index (χ0v) is 13.5. The number of ketones is 2. The molecule has 0 aromatic rings. The molecule has 0 bridgehead atoms. The Kier molecular flexibility index (Phi) is 2.94. The van der Waals surface area contributed by atoms with Gasteiger partial charge in [-0.15, -0.1) is 0 Å². The molecule has 4 fully saturated rings. The van der Waals surface area contributed by atoms with Gasteiger partial charge in [0.25, 0.3) is 0 Å². The highest BCUT2D eigenvalue weighted by atomic mass is 16.1. The Morgan fingerprint density at radius 3 is 2.33 bits per heavy atom. The van der Waals surface area contributed by atoms with E-state index in [-0.39, 0.29) is 10.8 Å². The van der Waals surface area contributed by atoms with Crippen LogP contribution in [0, 0.1) is 34.5 Å². The number of hydrogen-bond donors (Lipinski definition) is 0. The van der Waals surface area contributed by atoms with Gasteiger partial charge in [-0.3, -0.25) is 9.59 Å². The molecule has 2 heteroatoms. The maximum Gasteiger partial charge on any atom is 0.139 e. The lowest BCUT2D eigenvalue weighted by Crippen LogP contribution is -2.52. The third-order valence-corrected chi connectivity index (χ3v) is 8.00. The van der Waals surface area contributed by atoms with Crippen LogP contribution in [0.4, 0.5) is 0 Å². The van der Waals surface area contributed by atoms with Crippen LogP contribution in [0.1, 0.15) is 71.6 Å². The maximum atomic E-state index is 12.3. The highest BCUT2D eigenvalue weighted by Gasteiger charge is 2.59. The fourth-order valence-electron chi connectivity index (χ4n) is 6.84. The molecule has 0 aliphatic heterocycles. The predicted octanol–water partition coefficient (Wildman–Crippen LogP) is 4.17. The molecule has 0 saturated heterocycles. The summed E-state index contributed by atoms with van der Waals surface area (Å²) >= 11 is 0. The largest absolute Gasteiger partial charge is 0.300 e. The Balaban J connectivity index is 1.63. The van der Waals surface area contributed by atoms with Gasteiger partial charge in [-0.2, -0.15) is 0 Å². The first-order valence-corrected chi connectivity index (χ1v) is 8.99. The minimum atomic E-state index is -0.000601. The van der Waals surface area contributed by atoms with Crippen molar-refractivity contribution in [3.05, 3.63) is 0 Å². The number of carbonyl (C=O) groups excluding carboxylic acids is 2. The first-order chi connectivity index (χ1) is 9.94. The summed E-state index contributed by atoms with van der Waals surface area (Å²) in [6.07, 6.45) is 9.53. The molecule has 0 aromatic carbocycles. The molecule has 4 aliphatic carbocycles. The van der Waals surface area contributed by atoms with Crippen LogP contribution >= 0.6 is 0 Å². The molecule has 2 nitrogen and oxygen atoms in total. The molecular weight excluding hydrogens is 260 g/mol. The van der Waals surface area contributed by atoms with Crippen LogP contribution in [0.5, 0.6) is 0 Å². The lowest BCUT2D eigenvalue weighted by Gasteiger charge is -2.57. The van der Waals surface area contributed by atoms with Gasteiger partial charge in [0.1, 0.15) is 11.6 Å². The molecule has 0 spiro atoms. The van der Waals surface area contributed by atoms with E-state index < -0.39 is 0 Å². The first kappa shape index (κ1) is 14.0. The topological polar surface area (TPSA) is 34.1 Å². The van der Waals surface area contributed by atoms with Gasteiger partial charge in [0.15, 0.2) is 0 Å². The zero-order valence-electron chi connectivity index (χ0n) is 13.5. The van der Waals surface area contributed by atoms with Crippen LogP contribution in [-0.4, -0.2) is 11.6 Å². The molecule has 4 aliphatic rings. The van der Waals surface area contributed by atoms with E-state index in [1.807, 2.05) is 0 Å². The Morgan fingerprint density at radius 1 is 0.857 bits per heavy atom. The summed E-state index contributed by atoms with van der Waals surface area (Å²) in [5, 5.41) is 0. The van der Waals surface area contributed by atoms with E-state index in [0.29, 0.717) is 17.5 Å². The molecule has 0 N–H and O–H groups in total. The summed E-state index contributed by atoms with van der Waals surface area (Å²) in [5.41, 5.74) is 0.270. The molecule has 0 aromatic heterocycles. The monoisotopic (exact) mass is 288 g/mol. The lowest BCUT2D eigenvalue weighted by molar-refractivity contribution is -0.140. The molecule has 4 rings (SSSR count). The fraction of sp³-hybridized carbons (Fsp3) is 0.895. The Bertz CT molecular complexity index is 496. The molecule has 0 heterocycles. The van der Waals surface area contributed by atoms with Crippen molar-refractivity contribution in [2.45, 2.75) is 71.6 Å². The van der Waals surface area contributed by atoms with Crippen LogP contribution < -0.4 is 0 Å². The van der Waals surface area contributed by atoms with Crippen LogP contribution in [0.2, 0.25) is 0 Å². The van der Waals surface area contributed by atoms with E-state index >= 15 is 0 Å². The highest BCUT2D eigenvalue weighted by molar-refractivity contribution is 5.87. The van der Waals surface area contributed by atoms with Crippen LogP contribution in [0.3, 0.4) is 0 Å². The van der Waals surface area contributed by atoms with Gasteiger partial charge in [-0.05, 0) is 67.6 Å². The van der Waals surface area contributed by atoms with Gasteiger partial charge in [-0.1, -0.05) is 13.8 Å². The standard InChI is InChI=1S/C19H28O2/c1-18-9-7-14-13(15(18)4-3-12(20)11-18)8-10-19(2)16(14)5-6-17(19)21/h13-16H,3-11H2,1-2H3/t13-,14-,15-,16+,18-,19+/m1/s1. The smallest absolute Gasteiger partial charge is 0.139 e. The van der Waals surface area contributed by atoms with Crippen molar-refractivity contribution < 1.29 is 9.59 Å². The molecule has 0 amide bonds. The lowest BCUT2D eigenvalue weighted by atomic mass is 9.47. The molecule has 116 valence electrons. The summed E-state index contributed by atoms with van der Waals surface area (Å²) < 4.78 is 0. The molecule has 4 saturated carbocycles. The van der Waals surface area contributed by atoms with E-state index in [4.69, 9.17) is 0 Å². The Labute approximate surface area is 128 Å². The molecule has 21 heavy (non-hydrogen) atoms. The van der Waals surface area contributed by atoms with E-state index in [2.05, 4.69) is 13.8 Å². The van der Waals surface area contributed by atoms with E-state index in [9.17, 15) is 9.59 Å². The summed E-state index contributed by atoms with van der Waals surface area (Å²) in [5.74, 6) is 3.98. The quantitative estimate of drug-likeness (QED) is 0.670. The fourth-order valence-corrected chi connectivity index (χ4v) is 6.84. The van der Waals surface area contributed by atoms with Crippen molar-refractivity contribution in [2.75, 3.05) is 0 Å². The van der Waals surface area contributed by atoms with Gasteiger partial charge in [0, 0.05) is 24.7 Å². The van der Waals surface area contributed by atoms with E-state index in [1.165, 1.54) is 19.3 Å². The number of rotatable bonds is 0. The van der Waals surface area contributed by atoms with Crippen molar-refractivity contribution in [1.82, 2.24) is 0 Å². The summed E-state index contributed by atoms with van der Waals surface area (Å²) in [4.78, 5) is 24.3. The normalized spacial score (nSPS) is 53.0.